The van der Waals surface area contributed by atoms with Crippen LogP contribution >= 0.6 is 0 Å². The molecule has 2 aliphatic rings. The van der Waals surface area contributed by atoms with Gasteiger partial charge >= 0.3 is 0 Å². The summed E-state index contributed by atoms with van der Waals surface area (Å²) in [4.78, 5) is 38.9. The van der Waals surface area contributed by atoms with Gasteiger partial charge in [0, 0.05) is 17.5 Å². The van der Waals surface area contributed by atoms with E-state index in [9.17, 15) is 14.4 Å². The Balaban J connectivity index is 1.22. The van der Waals surface area contributed by atoms with Crippen LogP contribution in [-0.2, 0) is 12.0 Å². The number of carbonyl (C=O) groups is 3. The zero-order valence-electron chi connectivity index (χ0n) is 17.0. The molecule has 5 nitrogen and oxygen atoms in total. The fourth-order valence-electron chi connectivity index (χ4n) is 4.19. The van der Waals surface area contributed by atoms with Crippen molar-refractivity contribution in [2.45, 2.75) is 24.8 Å². The van der Waals surface area contributed by atoms with Gasteiger partial charge in [-0.05, 0) is 48.2 Å². The molecule has 31 heavy (non-hydrogen) atoms. The molecular formula is C26H22N2O3. The summed E-state index contributed by atoms with van der Waals surface area (Å²) in [6.07, 6.45) is 2.16. The number of imide groups is 1. The van der Waals surface area contributed by atoms with Gasteiger partial charge in [0.25, 0.3) is 17.7 Å². The van der Waals surface area contributed by atoms with E-state index < -0.39 is 0 Å². The van der Waals surface area contributed by atoms with Crippen molar-refractivity contribution in [3.8, 4) is 0 Å². The molecule has 5 rings (SSSR count). The largest absolute Gasteiger partial charge is 0.351 e. The molecule has 5 heteroatoms. The Morgan fingerprint density at radius 1 is 0.806 bits per heavy atom. The maximum Gasteiger partial charge on any atom is 0.261 e. The molecule has 1 aliphatic heterocycles. The molecule has 3 aromatic carbocycles. The predicted octanol–water partition coefficient (Wildman–Crippen LogP) is 3.94. The van der Waals surface area contributed by atoms with Crippen LogP contribution in [0.4, 0.5) is 0 Å². The van der Waals surface area contributed by atoms with Crippen molar-refractivity contribution in [2.75, 3.05) is 6.54 Å². The average Bonchev–Trinajstić information content (AvgIpc) is 3.58. The highest BCUT2D eigenvalue weighted by Gasteiger charge is 2.44. The number of carbonyl (C=O) groups excluding carboxylic acids is 3. The molecule has 0 atom stereocenters. The third-order valence-electron chi connectivity index (χ3n) is 6.26. The smallest absolute Gasteiger partial charge is 0.261 e. The number of amides is 3. The van der Waals surface area contributed by atoms with Crippen molar-refractivity contribution < 1.29 is 14.4 Å². The summed E-state index contributed by atoms with van der Waals surface area (Å²) in [5, 5.41) is 3.06. The second-order valence-corrected chi connectivity index (χ2v) is 8.27. The minimum Gasteiger partial charge on any atom is -0.351 e. The number of nitrogens with zero attached hydrogens (tertiary/aromatic N) is 1. The molecule has 0 spiro atoms. The molecule has 0 bridgehead atoms. The fraction of sp³-hybridized carbons (Fsp3) is 0.192. The number of fused-ring (bicyclic) bond motifs is 1. The molecule has 3 aromatic rings. The highest BCUT2D eigenvalue weighted by Crippen LogP contribution is 2.47. The van der Waals surface area contributed by atoms with E-state index >= 15 is 0 Å². The quantitative estimate of drug-likeness (QED) is 0.626. The molecule has 0 saturated heterocycles. The molecule has 154 valence electrons. The zero-order chi connectivity index (χ0) is 21.4. The van der Waals surface area contributed by atoms with Crippen LogP contribution in [-0.4, -0.2) is 29.2 Å². The maximum atomic E-state index is 12.6. The first kappa shape index (κ1) is 19.2. The van der Waals surface area contributed by atoms with Crippen molar-refractivity contribution in [1.29, 1.82) is 0 Å². The third kappa shape index (κ3) is 3.52. The highest BCUT2D eigenvalue weighted by molar-refractivity contribution is 6.21. The van der Waals surface area contributed by atoms with Crippen molar-refractivity contribution in [3.63, 3.8) is 0 Å². The lowest BCUT2D eigenvalue weighted by atomic mass is 9.96. The van der Waals surface area contributed by atoms with Gasteiger partial charge in [-0.15, -0.1) is 0 Å². The monoisotopic (exact) mass is 410 g/mol. The van der Waals surface area contributed by atoms with E-state index in [1.807, 2.05) is 18.2 Å². The summed E-state index contributed by atoms with van der Waals surface area (Å²) < 4.78 is 0. The minimum absolute atomic E-state index is 0.0579. The van der Waals surface area contributed by atoms with Gasteiger partial charge in [0.2, 0.25) is 0 Å². The van der Waals surface area contributed by atoms with Gasteiger partial charge in [-0.3, -0.25) is 19.3 Å². The zero-order valence-corrected chi connectivity index (χ0v) is 17.0. The Morgan fingerprint density at radius 3 is 1.97 bits per heavy atom. The highest BCUT2D eigenvalue weighted by atomic mass is 16.2. The van der Waals surface area contributed by atoms with E-state index in [0.717, 1.165) is 18.4 Å². The first-order chi connectivity index (χ1) is 15.1. The number of hydrogen-bond acceptors (Lipinski definition) is 3. The fourth-order valence-corrected chi connectivity index (χ4v) is 4.19. The second-order valence-electron chi connectivity index (χ2n) is 8.27. The summed E-state index contributed by atoms with van der Waals surface area (Å²) in [7, 11) is 0. The molecule has 0 radical (unpaired) electrons. The van der Waals surface area contributed by atoms with E-state index in [4.69, 9.17) is 0 Å². The number of nitrogens with one attached hydrogen (secondary N) is 1. The second kappa shape index (κ2) is 7.51. The molecule has 1 N–H and O–H groups in total. The van der Waals surface area contributed by atoms with Gasteiger partial charge < -0.3 is 5.32 Å². The van der Waals surface area contributed by atoms with Crippen molar-refractivity contribution in [1.82, 2.24) is 10.2 Å². The standard InChI is InChI=1S/C26H22N2O3/c29-23(27-17-26(14-15-26)20-6-2-1-3-7-20)19-12-10-18(11-13-19)16-28-24(30)21-8-4-5-9-22(21)25(28)31/h1-13H,14-17H2,(H,27,29). The lowest BCUT2D eigenvalue weighted by molar-refractivity contribution is 0.0641. The SMILES string of the molecule is O=C(NCC1(c2ccccc2)CC1)c1ccc(CN2C(=O)c3ccccc3C2=O)cc1. The Kier molecular flexibility index (Phi) is 4.66. The number of rotatable bonds is 6. The first-order valence-corrected chi connectivity index (χ1v) is 10.5. The summed E-state index contributed by atoms with van der Waals surface area (Å²) in [6, 6.07) is 24.2. The lowest BCUT2D eigenvalue weighted by Crippen LogP contribution is -2.32. The average molecular weight is 410 g/mol. The molecular weight excluding hydrogens is 388 g/mol. The van der Waals surface area contributed by atoms with Crippen LogP contribution in [0.25, 0.3) is 0 Å². The Hall–Kier alpha value is -3.73. The van der Waals surface area contributed by atoms with E-state index in [-0.39, 0.29) is 29.7 Å². The molecule has 0 unspecified atom stereocenters. The van der Waals surface area contributed by atoms with Crippen molar-refractivity contribution in [2.24, 2.45) is 0 Å². The van der Waals surface area contributed by atoms with E-state index in [1.165, 1.54) is 10.5 Å². The molecule has 3 amide bonds. The molecule has 1 saturated carbocycles. The van der Waals surface area contributed by atoms with Gasteiger partial charge in [0.15, 0.2) is 0 Å². The van der Waals surface area contributed by atoms with Gasteiger partial charge in [-0.2, -0.15) is 0 Å². The number of hydrogen-bond donors (Lipinski definition) is 1. The van der Waals surface area contributed by atoms with Crippen LogP contribution in [0, 0.1) is 0 Å². The van der Waals surface area contributed by atoms with E-state index in [2.05, 4.69) is 17.4 Å². The molecule has 1 heterocycles. The summed E-state index contributed by atoms with van der Waals surface area (Å²) in [5.41, 5.74) is 3.57. The van der Waals surface area contributed by atoms with Gasteiger partial charge in [-0.25, -0.2) is 0 Å². The Labute approximate surface area is 180 Å². The molecule has 0 aromatic heterocycles. The maximum absolute atomic E-state index is 12.6. The van der Waals surface area contributed by atoms with Crippen molar-refractivity contribution in [3.05, 3.63) is 107 Å². The number of benzene rings is 3. The van der Waals surface area contributed by atoms with Crippen LogP contribution < -0.4 is 5.32 Å². The van der Waals surface area contributed by atoms with Crippen LogP contribution in [0.5, 0.6) is 0 Å². The van der Waals surface area contributed by atoms with E-state index in [1.54, 1.807) is 48.5 Å². The van der Waals surface area contributed by atoms with Crippen molar-refractivity contribution >= 4 is 17.7 Å². The third-order valence-corrected chi connectivity index (χ3v) is 6.26. The topological polar surface area (TPSA) is 66.5 Å². The van der Waals surface area contributed by atoms with Crippen LogP contribution in [0.15, 0.2) is 78.9 Å². The summed E-state index contributed by atoms with van der Waals surface area (Å²) in [6.45, 7) is 0.804. The summed E-state index contributed by atoms with van der Waals surface area (Å²) in [5.74, 6) is -0.675. The van der Waals surface area contributed by atoms with Crippen LogP contribution in [0.2, 0.25) is 0 Å². The first-order valence-electron chi connectivity index (χ1n) is 10.5. The van der Waals surface area contributed by atoms with Crippen LogP contribution in [0.1, 0.15) is 55.0 Å². The molecule has 1 fully saturated rings. The minimum atomic E-state index is -0.280. The van der Waals surface area contributed by atoms with Crippen LogP contribution in [0.3, 0.4) is 0 Å². The predicted molar refractivity (Wildman–Crippen MR) is 117 cm³/mol. The van der Waals surface area contributed by atoms with Gasteiger partial charge in [0.1, 0.15) is 0 Å². The van der Waals surface area contributed by atoms with E-state index in [0.29, 0.717) is 23.2 Å². The van der Waals surface area contributed by atoms with Gasteiger partial charge in [0.05, 0.1) is 17.7 Å². The Bertz CT molecular complexity index is 1130. The molecule has 1 aliphatic carbocycles. The summed E-state index contributed by atoms with van der Waals surface area (Å²) >= 11 is 0. The van der Waals surface area contributed by atoms with Gasteiger partial charge in [-0.1, -0.05) is 54.6 Å². The Morgan fingerprint density at radius 2 is 1.39 bits per heavy atom. The normalized spacial score (nSPS) is 16.2. The lowest BCUT2D eigenvalue weighted by Gasteiger charge is -2.17.